The molecule has 0 radical (unpaired) electrons. The molecule has 5 nitrogen and oxygen atoms in total. The van der Waals surface area contributed by atoms with Gasteiger partial charge in [0.15, 0.2) is 0 Å². The molecular weight excluding hydrogens is 314 g/mol. The molecule has 0 fully saturated rings. The quantitative estimate of drug-likeness (QED) is 0.633. The van der Waals surface area contributed by atoms with Crippen LogP contribution >= 0.6 is 0 Å². The van der Waals surface area contributed by atoms with E-state index in [1.807, 2.05) is 59.7 Å². The van der Waals surface area contributed by atoms with Gasteiger partial charge in [0.2, 0.25) is 0 Å². The third-order valence-corrected chi connectivity index (χ3v) is 2.85. The standard InChI is InChI=1S/C16H17N3O2.2C2H6/c1-3-21-15-7-5-4-6-14(15)16(20)19-18-12(2)13-8-10-17-11-9-13;2*1-2/h4-11H,3H2,1-2H3,(H,19,20);2*1-2H3/b18-12-;;. The highest BCUT2D eigenvalue weighted by Crippen LogP contribution is 2.17. The summed E-state index contributed by atoms with van der Waals surface area (Å²) < 4.78 is 5.43. The molecule has 1 amide bonds. The molecule has 0 aliphatic rings. The van der Waals surface area contributed by atoms with E-state index >= 15 is 0 Å². The average molecular weight is 343 g/mol. The first kappa shape index (κ1) is 22.3. The lowest BCUT2D eigenvalue weighted by atomic mass is 10.2. The van der Waals surface area contributed by atoms with Crippen LogP contribution in [0.3, 0.4) is 0 Å². The van der Waals surface area contributed by atoms with Gasteiger partial charge in [0.05, 0.1) is 17.9 Å². The first-order valence-corrected chi connectivity index (χ1v) is 8.69. The number of nitrogens with zero attached hydrogens (tertiary/aromatic N) is 2. The summed E-state index contributed by atoms with van der Waals surface area (Å²) in [7, 11) is 0. The van der Waals surface area contributed by atoms with Crippen LogP contribution in [0, 0.1) is 0 Å². The number of para-hydroxylation sites is 1. The minimum atomic E-state index is -0.299. The second-order valence-corrected chi connectivity index (χ2v) is 4.30. The zero-order chi connectivity index (χ0) is 19.1. The van der Waals surface area contributed by atoms with E-state index in [9.17, 15) is 4.79 Å². The van der Waals surface area contributed by atoms with Crippen molar-refractivity contribution in [2.45, 2.75) is 41.5 Å². The van der Waals surface area contributed by atoms with Crippen LogP contribution in [-0.4, -0.2) is 23.2 Å². The van der Waals surface area contributed by atoms with Crippen molar-refractivity contribution in [3.8, 4) is 5.75 Å². The number of hydrogen-bond acceptors (Lipinski definition) is 4. The molecule has 5 heteroatoms. The highest BCUT2D eigenvalue weighted by atomic mass is 16.5. The number of rotatable bonds is 5. The Hall–Kier alpha value is -2.69. The van der Waals surface area contributed by atoms with E-state index in [-0.39, 0.29) is 5.91 Å². The molecule has 1 heterocycles. The number of benzene rings is 1. The highest BCUT2D eigenvalue weighted by molar-refractivity contribution is 6.01. The Kier molecular flexibility index (Phi) is 12.2. The summed E-state index contributed by atoms with van der Waals surface area (Å²) in [6.07, 6.45) is 3.36. The van der Waals surface area contributed by atoms with Crippen LogP contribution in [0.15, 0.2) is 53.9 Å². The van der Waals surface area contributed by atoms with Gasteiger partial charge < -0.3 is 4.74 Å². The van der Waals surface area contributed by atoms with Crippen LogP contribution in [0.2, 0.25) is 0 Å². The number of nitrogens with one attached hydrogen (secondary N) is 1. The van der Waals surface area contributed by atoms with Gasteiger partial charge >= 0.3 is 0 Å². The topological polar surface area (TPSA) is 63.6 Å². The van der Waals surface area contributed by atoms with Crippen molar-refractivity contribution in [3.63, 3.8) is 0 Å². The number of hydrazone groups is 1. The number of carbonyl (C=O) groups excluding carboxylic acids is 1. The number of aromatic nitrogens is 1. The van der Waals surface area contributed by atoms with Crippen molar-refractivity contribution >= 4 is 11.6 Å². The first-order chi connectivity index (χ1) is 12.2. The normalized spacial score (nSPS) is 9.76. The zero-order valence-corrected chi connectivity index (χ0v) is 16.0. The second-order valence-electron chi connectivity index (χ2n) is 4.30. The van der Waals surface area contributed by atoms with E-state index in [1.165, 1.54) is 0 Å². The summed E-state index contributed by atoms with van der Waals surface area (Å²) in [5, 5.41) is 4.11. The number of ether oxygens (including phenoxy) is 1. The maximum atomic E-state index is 12.2. The van der Waals surface area contributed by atoms with Crippen molar-refractivity contribution in [3.05, 3.63) is 59.9 Å². The van der Waals surface area contributed by atoms with Gasteiger partial charge in [0, 0.05) is 18.0 Å². The van der Waals surface area contributed by atoms with Gasteiger partial charge in [-0.15, -0.1) is 0 Å². The van der Waals surface area contributed by atoms with Gasteiger partial charge in [-0.1, -0.05) is 39.8 Å². The smallest absolute Gasteiger partial charge is 0.275 e. The number of amides is 1. The van der Waals surface area contributed by atoms with Crippen molar-refractivity contribution < 1.29 is 9.53 Å². The Bertz CT molecular complexity index is 640. The SMILES string of the molecule is CC.CC.CCOc1ccccc1C(=O)N/N=C(/C)c1ccncc1. The van der Waals surface area contributed by atoms with Crippen LogP contribution in [0.1, 0.15) is 57.5 Å². The van der Waals surface area contributed by atoms with E-state index in [1.54, 1.807) is 30.6 Å². The van der Waals surface area contributed by atoms with Crippen LogP contribution in [0.25, 0.3) is 0 Å². The summed E-state index contributed by atoms with van der Waals surface area (Å²) >= 11 is 0. The Labute approximate surface area is 151 Å². The van der Waals surface area contributed by atoms with E-state index < -0.39 is 0 Å². The van der Waals surface area contributed by atoms with Crippen molar-refractivity contribution in [1.29, 1.82) is 0 Å². The minimum absolute atomic E-state index is 0.299. The number of carbonyl (C=O) groups is 1. The maximum Gasteiger partial charge on any atom is 0.275 e. The first-order valence-electron chi connectivity index (χ1n) is 8.69. The molecular formula is C20H29N3O2. The largest absolute Gasteiger partial charge is 0.493 e. The summed E-state index contributed by atoms with van der Waals surface area (Å²) in [6, 6.07) is 10.7. The lowest BCUT2D eigenvalue weighted by molar-refractivity contribution is 0.0951. The van der Waals surface area contributed by atoms with Crippen LogP contribution in [0.5, 0.6) is 5.75 Å². The molecule has 0 spiro atoms. The Morgan fingerprint density at radius 3 is 2.28 bits per heavy atom. The Morgan fingerprint density at radius 1 is 1.08 bits per heavy atom. The third kappa shape index (κ3) is 7.61. The summed E-state index contributed by atoms with van der Waals surface area (Å²) in [5.41, 5.74) is 4.62. The lowest BCUT2D eigenvalue weighted by Crippen LogP contribution is -2.20. The van der Waals surface area contributed by atoms with Gasteiger partial charge in [-0.25, -0.2) is 5.43 Å². The number of hydrogen-bond donors (Lipinski definition) is 1. The van der Waals surface area contributed by atoms with E-state index in [0.29, 0.717) is 23.6 Å². The molecule has 2 rings (SSSR count). The lowest BCUT2D eigenvalue weighted by Gasteiger charge is -2.08. The van der Waals surface area contributed by atoms with Gasteiger partial charge in [-0.05, 0) is 38.1 Å². The van der Waals surface area contributed by atoms with Crippen LogP contribution in [0.4, 0.5) is 0 Å². The molecule has 136 valence electrons. The van der Waals surface area contributed by atoms with Crippen LogP contribution < -0.4 is 10.2 Å². The molecule has 0 atom stereocenters. The fourth-order valence-corrected chi connectivity index (χ4v) is 1.79. The third-order valence-electron chi connectivity index (χ3n) is 2.85. The summed E-state index contributed by atoms with van der Waals surface area (Å²) in [4.78, 5) is 16.1. The summed E-state index contributed by atoms with van der Waals surface area (Å²) in [5.74, 6) is 0.252. The average Bonchev–Trinajstić information content (AvgIpc) is 2.70. The molecule has 2 aromatic rings. The highest BCUT2D eigenvalue weighted by Gasteiger charge is 2.11. The van der Waals surface area contributed by atoms with Crippen molar-refractivity contribution in [2.75, 3.05) is 6.61 Å². The fourth-order valence-electron chi connectivity index (χ4n) is 1.79. The van der Waals surface area contributed by atoms with Gasteiger partial charge in [-0.2, -0.15) is 5.10 Å². The second kappa shape index (κ2) is 13.7. The van der Waals surface area contributed by atoms with Gasteiger partial charge in [0.25, 0.3) is 5.91 Å². The molecule has 0 aliphatic heterocycles. The Morgan fingerprint density at radius 2 is 1.68 bits per heavy atom. The van der Waals surface area contributed by atoms with E-state index in [0.717, 1.165) is 5.56 Å². The van der Waals surface area contributed by atoms with Gasteiger partial charge in [0.1, 0.15) is 5.75 Å². The minimum Gasteiger partial charge on any atom is -0.493 e. The summed E-state index contributed by atoms with van der Waals surface area (Å²) in [6.45, 7) is 12.2. The van der Waals surface area contributed by atoms with Crippen LogP contribution in [-0.2, 0) is 0 Å². The van der Waals surface area contributed by atoms with Crippen molar-refractivity contribution in [2.24, 2.45) is 5.10 Å². The number of pyridine rings is 1. The molecule has 0 saturated heterocycles. The monoisotopic (exact) mass is 343 g/mol. The Balaban J connectivity index is 0.00000134. The molecule has 25 heavy (non-hydrogen) atoms. The van der Waals surface area contributed by atoms with E-state index in [2.05, 4.69) is 15.5 Å². The molecule has 1 aromatic carbocycles. The maximum absolute atomic E-state index is 12.2. The predicted octanol–water partition coefficient (Wildman–Crippen LogP) is 4.69. The molecule has 1 aromatic heterocycles. The molecule has 0 unspecified atom stereocenters. The van der Waals surface area contributed by atoms with E-state index in [4.69, 9.17) is 4.74 Å². The van der Waals surface area contributed by atoms with Gasteiger partial charge in [-0.3, -0.25) is 9.78 Å². The molecule has 0 aliphatic carbocycles. The molecule has 0 bridgehead atoms. The molecule has 1 N–H and O–H groups in total. The predicted molar refractivity (Wildman–Crippen MR) is 104 cm³/mol. The fraction of sp³-hybridized carbons (Fsp3) is 0.350. The molecule has 0 saturated carbocycles. The van der Waals surface area contributed by atoms with Crippen molar-refractivity contribution in [1.82, 2.24) is 10.4 Å². The zero-order valence-electron chi connectivity index (χ0n) is 16.0.